The highest BCUT2D eigenvalue weighted by Gasteiger charge is 2.25. The van der Waals surface area contributed by atoms with Gasteiger partial charge in [0, 0.05) is 17.0 Å². The molecule has 0 amide bonds. The van der Waals surface area contributed by atoms with E-state index in [0.717, 1.165) is 5.75 Å². The third kappa shape index (κ3) is 1.69. The van der Waals surface area contributed by atoms with Crippen LogP contribution in [-0.2, 0) is 5.75 Å². The SMILES string of the molecule is CCC1SCc2ccc(C)cc2C1N. The van der Waals surface area contributed by atoms with Gasteiger partial charge >= 0.3 is 0 Å². The van der Waals surface area contributed by atoms with Crippen molar-refractivity contribution in [1.29, 1.82) is 0 Å². The Morgan fingerprint density at radius 1 is 1.50 bits per heavy atom. The summed E-state index contributed by atoms with van der Waals surface area (Å²) < 4.78 is 0. The largest absolute Gasteiger partial charge is 0.323 e. The fourth-order valence-corrected chi connectivity index (χ4v) is 3.27. The lowest BCUT2D eigenvalue weighted by atomic mass is 9.95. The Morgan fingerprint density at radius 2 is 2.29 bits per heavy atom. The van der Waals surface area contributed by atoms with Crippen LogP contribution in [0.1, 0.15) is 36.1 Å². The number of fused-ring (bicyclic) bond motifs is 1. The standard InChI is InChI=1S/C12H17NS/c1-3-11-12(13)10-6-8(2)4-5-9(10)7-14-11/h4-6,11-12H,3,7,13H2,1-2H3. The third-order valence-corrected chi connectivity index (χ3v) is 4.45. The molecule has 0 aliphatic carbocycles. The van der Waals surface area contributed by atoms with Gasteiger partial charge in [0.1, 0.15) is 0 Å². The molecule has 1 aromatic rings. The van der Waals surface area contributed by atoms with Crippen LogP contribution in [0.15, 0.2) is 18.2 Å². The summed E-state index contributed by atoms with van der Waals surface area (Å²) in [6.45, 7) is 4.36. The zero-order valence-electron chi connectivity index (χ0n) is 8.79. The zero-order valence-corrected chi connectivity index (χ0v) is 9.60. The second kappa shape index (κ2) is 3.95. The van der Waals surface area contributed by atoms with Crippen LogP contribution in [0.5, 0.6) is 0 Å². The summed E-state index contributed by atoms with van der Waals surface area (Å²) in [6, 6.07) is 6.89. The normalized spacial score (nSPS) is 25.9. The quantitative estimate of drug-likeness (QED) is 0.766. The Labute approximate surface area is 90.1 Å². The highest BCUT2D eigenvalue weighted by atomic mass is 32.2. The van der Waals surface area contributed by atoms with E-state index in [0.29, 0.717) is 5.25 Å². The summed E-state index contributed by atoms with van der Waals surface area (Å²) in [5.41, 5.74) is 10.4. The lowest BCUT2D eigenvalue weighted by Crippen LogP contribution is -2.27. The molecule has 1 nitrogen and oxygen atoms in total. The smallest absolute Gasteiger partial charge is 0.0418 e. The molecule has 0 saturated carbocycles. The lowest BCUT2D eigenvalue weighted by molar-refractivity contribution is 0.643. The molecule has 2 heteroatoms. The summed E-state index contributed by atoms with van der Waals surface area (Å²) in [5.74, 6) is 1.13. The highest BCUT2D eigenvalue weighted by Crippen LogP contribution is 2.37. The highest BCUT2D eigenvalue weighted by molar-refractivity contribution is 7.99. The molecule has 0 fully saturated rings. The van der Waals surface area contributed by atoms with E-state index in [9.17, 15) is 0 Å². The van der Waals surface area contributed by atoms with Gasteiger partial charge in [-0.3, -0.25) is 0 Å². The monoisotopic (exact) mass is 207 g/mol. The van der Waals surface area contributed by atoms with Gasteiger partial charge in [-0.25, -0.2) is 0 Å². The molecule has 0 bridgehead atoms. The Bertz CT molecular complexity index is 335. The maximum atomic E-state index is 6.25. The van der Waals surface area contributed by atoms with Crippen LogP contribution in [0.2, 0.25) is 0 Å². The van der Waals surface area contributed by atoms with E-state index in [4.69, 9.17) is 5.73 Å². The molecule has 1 aliphatic heterocycles. The van der Waals surface area contributed by atoms with Gasteiger partial charge in [-0.1, -0.05) is 30.7 Å². The van der Waals surface area contributed by atoms with Crippen LogP contribution >= 0.6 is 11.8 Å². The molecule has 0 saturated heterocycles. The van der Waals surface area contributed by atoms with Crippen molar-refractivity contribution in [2.24, 2.45) is 5.73 Å². The van der Waals surface area contributed by atoms with Gasteiger partial charge in [0.2, 0.25) is 0 Å². The van der Waals surface area contributed by atoms with Crippen molar-refractivity contribution < 1.29 is 0 Å². The van der Waals surface area contributed by atoms with Crippen molar-refractivity contribution in [2.75, 3.05) is 0 Å². The van der Waals surface area contributed by atoms with E-state index in [2.05, 4.69) is 32.0 Å². The maximum absolute atomic E-state index is 6.25. The number of aryl methyl sites for hydroxylation is 1. The summed E-state index contributed by atoms with van der Waals surface area (Å²) in [7, 11) is 0. The Hall–Kier alpha value is -0.470. The number of rotatable bonds is 1. The molecular weight excluding hydrogens is 190 g/mol. The van der Waals surface area contributed by atoms with Gasteiger partial charge in [-0.2, -0.15) is 11.8 Å². The minimum atomic E-state index is 0.230. The fraction of sp³-hybridized carbons (Fsp3) is 0.500. The lowest BCUT2D eigenvalue weighted by Gasteiger charge is -2.30. The van der Waals surface area contributed by atoms with E-state index < -0.39 is 0 Å². The van der Waals surface area contributed by atoms with E-state index in [1.54, 1.807) is 0 Å². The first kappa shape index (κ1) is 10.1. The number of hydrogen-bond donors (Lipinski definition) is 1. The third-order valence-electron chi connectivity index (χ3n) is 2.92. The molecule has 0 spiro atoms. The number of thioether (sulfide) groups is 1. The van der Waals surface area contributed by atoms with E-state index >= 15 is 0 Å². The van der Waals surface area contributed by atoms with Crippen molar-refractivity contribution in [2.45, 2.75) is 37.3 Å². The Kier molecular flexibility index (Phi) is 2.84. The predicted molar refractivity (Wildman–Crippen MR) is 63.5 cm³/mol. The number of nitrogens with two attached hydrogens (primary N) is 1. The fourth-order valence-electron chi connectivity index (χ4n) is 2.03. The van der Waals surface area contributed by atoms with Crippen molar-refractivity contribution in [3.8, 4) is 0 Å². The van der Waals surface area contributed by atoms with Gasteiger partial charge in [0.15, 0.2) is 0 Å². The number of hydrogen-bond acceptors (Lipinski definition) is 2. The zero-order chi connectivity index (χ0) is 10.1. The molecule has 2 atom stereocenters. The topological polar surface area (TPSA) is 26.0 Å². The van der Waals surface area contributed by atoms with Gasteiger partial charge in [0.05, 0.1) is 0 Å². The van der Waals surface area contributed by atoms with E-state index in [1.165, 1.54) is 23.1 Å². The minimum Gasteiger partial charge on any atom is -0.323 e. The van der Waals surface area contributed by atoms with Crippen LogP contribution in [0.4, 0.5) is 0 Å². The molecule has 2 unspecified atom stereocenters. The van der Waals surface area contributed by atoms with Crippen molar-refractivity contribution in [3.63, 3.8) is 0 Å². The molecule has 14 heavy (non-hydrogen) atoms. The molecule has 2 rings (SSSR count). The average molecular weight is 207 g/mol. The molecule has 1 aliphatic rings. The summed E-state index contributed by atoms with van der Waals surface area (Å²) in [4.78, 5) is 0. The first-order valence-corrected chi connectivity index (χ1v) is 6.24. The van der Waals surface area contributed by atoms with Crippen molar-refractivity contribution >= 4 is 11.8 Å². The van der Waals surface area contributed by atoms with Gasteiger partial charge in [-0.15, -0.1) is 0 Å². The van der Waals surface area contributed by atoms with Crippen LogP contribution in [0.3, 0.4) is 0 Å². The Morgan fingerprint density at radius 3 is 3.00 bits per heavy atom. The first-order valence-electron chi connectivity index (χ1n) is 5.19. The first-order chi connectivity index (χ1) is 6.72. The molecule has 0 radical (unpaired) electrons. The number of benzene rings is 1. The van der Waals surface area contributed by atoms with Crippen molar-refractivity contribution in [1.82, 2.24) is 0 Å². The van der Waals surface area contributed by atoms with Crippen molar-refractivity contribution in [3.05, 3.63) is 34.9 Å². The molecule has 0 aromatic heterocycles. The Balaban J connectivity index is 2.38. The molecule has 1 heterocycles. The summed E-state index contributed by atoms with van der Waals surface area (Å²) in [6.07, 6.45) is 1.17. The molecule has 1 aromatic carbocycles. The molecule has 2 N–H and O–H groups in total. The predicted octanol–water partition coefficient (Wildman–Crippen LogP) is 3.02. The second-order valence-electron chi connectivity index (χ2n) is 3.99. The summed E-state index contributed by atoms with van der Waals surface area (Å²) >= 11 is 1.99. The van der Waals surface area contributed by atoms with Crippen LogP contribution in [-0.4, -0.2) is 5.25 Å². The van der Waals surface area contributed by atoms with Crippen LogP contribution in [0, 0.1) is 6.92 Å². The van der Waals surface area contributed by atoms with Crippen LogP contribution in [0.25, 0.3) is 0 Å². The van der Waals surface area contributed by atoms with Gasteiger partial charge < -0.3 is 5.73 Å². The summed E-state index contributed by atoms with van der Waals surface area (Å²) in [5, 5.41) is 0.601. The second-order valence-corrected chi connectivity index (χ2v) is 5.21. The van der Waals surface area contributed by atoms with E-state index in [-0.39, 0.29) is 6.04 Å². The van der Waals surface area contributed by atoms with E-state index in [1.807, 2.05) is 11.8 Å². The van der Waals surface area contributed by atoms with Crippen LogP contribution < -0.4 is 5.73 Å². The maximum Gasteiger partial charge on any atom is 0.0418 e. The minimum absolute atomic E-state index is 0.230. The van der Waals surface area contributed by atoms with Gasteiger partial charge in [-0.05, 0) is 24.5 Å². The molecule has 76 valence electrons. The molecular formula is C12H17NS. The average Bonchev–Trinajstić information content (AvgIpc) is 2.20. The van der Waals surface area contributed by atoms with Gasteiger partial charge in [0.25, 0.3) is 0 Å².